The van der Waals surface area contributed by atoms with Gasteiger partial charge in [-0.1, -0.05) is 347 Å². The maximum atomic E-state index is 12.4. The fourth-order valence-corrected chi connectivity index (χ4v) is 9.80. The molecule has 1 N–H and O–H groups in total. The van der Waals surface area contributed by atoms with Gasteiger partial charge in [-0.3, -0.25) is 9.59 Å². The number of carbonyl (C=O) groups excluding carboxylic acids is 2. The predicted molar refractivity (Wildman–Crippen MR) is 361 cm³/mol. The Labute approximate surface area is 508 Å². The molecule has 0 spiro atoms. The molecule has 0 aliphatic heterocycles. The van der Waals surface area contributed by atoms with E-state index >= 15 is 0 Å². The molecule has 5 nitrogen and oxygen atoms in total. The minimum absolute atomic E-state index is 0.0735. The van der Waals surface area contributed by atoms with E-state index in [-0.39, 0.29) is 25.2 Å². The molecule has 0 fully saturated rings. The van der Waals surface area contributed by atoms with Gasteiger partial charge in [-0.25, -0.2) is 0 Å². The van der Waals surface area contributed by atoms with Gasteiger partial charge in [0.05, 0.1) is 6.61 Å². The Bertz CT molecular complexity index is 1670. The Morgan fingerprint density at radius 2 is 0.524 bits per heavy atom. The van der Waals surface area contributed by atoms with Gasteiger partial charge in [0, 0.05) is 12.8 Å². The van der Waals surface area contributed by atoms with Gasteiger partial charge in [0.2, 0.25) is 0 Å². The van der Waals surface area contributed by atoms with Crippen molar-refractivity contribution in [1.29, 1.82) is 0 Å². The second-order valence-corrected chi connectivity index (χ2v) is 22.9. The fraction of sp³-hybridized carbons (Fsp3) is 0.688. The minimum Gasteiger partial charge on any atom is -0.462 e. The van der Waals surface area contributed by atoms with E-state index in [2.05, 4.69) is 148 Å². The third-order valence-electron chi connectivity index (χ3n) is 15.0. The Morgan fingerprint density at radius 3 is 0.793 bits per heavy atom. The normalized spacial score (nSPS) is 13.1. The van der Waals surface area contributed by atoms with Crippen molar-refractivity contribution in [3.8, 4) is 0 Å². The number of rotatable bonds is 63. The van der Waals surface area contributed by atoms with Crippen LogP contribution in [0.3, 0.4) is 0 Å². The van der Waals surface area contributed by atoms with Crippen molar-refractivity contribution in [3.63, 3.8) is 0 Å². The summed E-state index contributed by atoms with van der Waals surface area (Å²) >= 11 is 0. The molecule has 5 heteroatoms. The highest BCUT2D eigenvalue weighted by Crippen LogP contribution is 2.17. The van der Waals surface area contributed by atoms with E-state index in [0.29, 0.717) is 12.8 Å². The van der Waals surface area contributed by atoms with E-state index < -0.39 is 6.10 Å². The smallest absolute Gasteiger partial charge is 0.306 e. The second-order valence-electron chi connectivity index (χ2n) is 22.9. The molecule has 0 aromatic rings. The summed E-state index contributed by atoms with van der Waals surface area (Å²) in [5.41, 5.74) is 0. The van der Waals surface area contributed by atoms with Crippen molar-refractivity contribution in [2.45, 2.75) is 328 Å². The summed E-state index contributed by atoms with van der Waals surface area (Å²) in [5.74, 6) is -0.597. The number of esters is 2. The molecule has 82 heavy (non-hydrogen) atoms. The molecule has 0 amide bonds. The monoisotopic (exact) mass is 1130 g/mol. The zero-order valence-electron chi connectivity index (χ0n) is 53.7. The highest BCUT2D eigenvalue weighted by atomic mass is 16.6. The Hall–Kier alpha value is -3.96. The first-order valence-electron chi connectivity index (χ1n) is 34.7. The summed E-state index contributed by atoms with van der Waals surface area (Å²) in [5, 5.41) is 9.70. The molecule has 468 valence electrons. The molecule has 0 aromatic heterocycles. The molecule has 1 atom stereocenters. The molecule has 0 rings (SSSR count). The molecular weight excluding hydrogens is 1000 g/mol. The van der Waals surface area contributed by atoms with Crippen LogP contribution >= 0.6 is 0 Å². The van der Waals surface area contributed by atoms with Crippen LogP contribution in [0.1, 0.15) is 322 Å². The van der Waals surface area contributed by atoms with Crippen molar-refractivity contribution in [3.05, 3.63) is 134 Å². The third kappa shape index (κ3) is 68.5. The van der Waals surface area contributed by atoms with Crippen LogP contribution in [-0.2, 0) is 19.1 Å². The number of ether oxygens (including phenoxy) is 2. The second kappa shape index (κ2) is 71.3. The molecule has 1 unspecified atom stereocenters. The van der Waals surface area contributed by atoms with E-state index in [1.165, 1.54) is 180 Å². The van der Waals surface area contributed by atoms with Gasteiger partial charge in [0.25, 0.3) is 0 Å². The minimum atomic E-state index is -0.786. The highest BCUT2D eigenvalue weighted by molar-refractivity contribution is 5.70. The van der Waals surface area contributed by atoms with Gasteiger partial charge in [-0.15, -0.1) is 0 Å². The maximum absolute atomic E-state index is 12.4. The number of hydrogen-bond donors (Lipinski definition) is 1. The molecule has 0 aliphatic carbocycles. The van der Waals surface area contributed by atoms with Gasteiger partial charge >= 0.3 is 11.9 Å². The molecule has 0 saturated carbocycles. The van der Waals surface area contributed by atoms with Crippen LogP contribution in [0, 0.1) is 0 Å². The summed E-state index contributed by atoms with van der Waals surface area (Å²) in [6.45, 7) is 4.05. The lowest BCUT2D eigenvalue weighted by Gasteiger charge is -2.15. The number of hydrogen-bond acceptors (Lipinski definition) is 5. The number of aliphatic hydroxyl groups excluding tert-OH is 1. The SMILES string of the molecule is CC/C=C\C/C=C\C/C=C\C/C=C\C/C=C\C/C=C\C/C=C\C/C=C\C/C=C\C/C=C\C/C=C\CCCCCCCCCC(=O)OC(CO)COC(=O)CCCCCCCCCCCCCCCCCCCCCCCCCCCCC. The Balaban J connectivity index is 3.56. The zero-order chi connectivity index (χ0) is 59.1. The summed E-state index contributed by atoms with van der Waals surface area (Å²) < 4.78 is 10.7. The van der Waals surface area contributed by atoms with E-state index in [9.17, 15) is 14.7 Å². The number of carbonyl (C=O) groups is 2. The average Bonchev–Trinajstić information content (AvgIpc) is 3.49. The largest absolute Gasteiger partial charge is 0.462 e. The summed E-state index contributed by atoms with van der Waals surface area (Å²) in [6.07, 6.45) is 106. The van der Waals surface area contributed by atoms with Gasteiger partial charge in [-0.2, -0.15) is 0 Å². The summed E-state index contributed by atoms with van der Waals surface area (Å²) in [7, 11) is 0. The van der Waals surface area contributed by atoms with Gasteiger partial charge in [0.1, 0.15) is 6.61 Å². The van der Waals surface area contributed by atoms with E-state index in [1.807, 2.05) is 0 Å². The van der Waals surface area contributed by atoms with Gasteiger partial charge < -0.3 is 14.6 Å². The van der Waals surface area contributed by atoms with E-state index in [1.54, 1.807) is 0 Å². The molecular formula is C77H130O5. The summed E-state index contributed by atoms with van der Waals surface area (Å²) in [6, 6.07) is 0. The molecule has 0 bridgehead atoms. The lowest BCUT2D eigenvalue weighted by Crippen LogP contribution is -2.28. The van der Waals surface area contributed by atoms with Crippen LogP contribution in [0.5, 0.6) is 0 Å². The first-order chi connectivity index (χ1) is 40.6. The Kier molecular flexibility index (Phi) is 67.9. The lowest BCUT2D eigenvalue weighted by molar-refractivity contribution is -0.161. The van der Waals surface area contributed by atoms with Crippen molar-refractivity contribution in [2.75, 3.05) is 13.2 Å². The van der Waals surface area contributed by atoms with E-state index in [0.717, 1.165) is 116 Å². The standard InChI is InChI=1S/C77H130O5/c1-3-5-7-9-11-13-15-17-19-21-23-25-27-29-31-32-33-34-35-36-37-38-39-40-41-42-43-44-46-48-50-52-54-56-58-60-62-64-66-68-70-72-77(80)82-75(73-78)74-81-76(79)71-69-67-65-63-61-59-57-55-53-51-49-47-45-30-28-26-24-22-20-18-16-14-12-10-8-6-4-2/h5,7,11,13,17,19,23,25,29,31,33-34,36-37,39-40,42-43,46,48,52,54,75,78H,3-4,6,8-10,12,14-16,18,20-22,24,26-28,30,32,35,38,41,44-45,47,49-51,53,55-74H2,1-2H3/b7-5-,13-11-,19-17-,25-23-,31-29-,34-33-,37-36-,40-39-,43-42-,48-46-,54-52-. The van der Waals surface area contributed by atoms with Gasteiger partial charge in [-0.05, 0) is 96.3 Å². The first kappa shape index (κ1) is 78.0. The average molecular weight is 1140 g/mol. The topological polar surface area (TPSA) is 72.8 Å². The third-order valence-corrected chi connectivity index (χ3v) is 15.0. The number of aliphatic hydroxyl groups is 1. The number of unbranched alkanes of at least 4 members (excludes halogenated alkanes) is 33. The van der Waals surface area contributed by atoms with Crippen LogP contribution in [0.2, 0.25) is 0 Å². The van der Waals surface area contributed by atoms with Crippen molar-refractivity contribution in [2.24, 2.45) is 0 Å². The highest BCUT2D eigenvalue weighted by Gasteiger charge is 2.16. The van der Waals surface area contributed by atoms with Gasteiger partial charge in [0.15, 0.2) is 6.10 Å². The maximum Gasteiger partial charge on any atom is 0.306 e. The predicted octanol–water partition coefficient (Wildman–Crippen LogP) is 24.3. The fourth-order valence-electron chi connectivity index (χ4n) is 9.80. The Morgan fingerprint density at radius 1 is 0.293 bits per heavy atom. The molecule has 0 aliphatic rings. The zero-order valence-corrected chi connectivity index (χ0v) is 53.7. The molecule has 0 aromatic carbocycles. The number of allylic oxidation sites excluding steroid dienone is 22. The molecule has 0 heterocycles. The molecule has 0 saturated heterocycles. The van der Waals surface area contributed by atoms with Crippen LogP contribution < -0.4 is 0 Å². The van der Waals surface area contributed by atoms with E-state index in [4.69, 9.17) is 9.47 Å². The van der Waals surface area contributed by atoms with Crippen LogP contribution in [0.4, 0.5) is 0 Å². The van der Waals surface area contributed by atoms with Crippen molar-refractivity contribution < 1.29 is 24.2 Å². The quantitative estimate of drug-likeness (QED) is 0.0373. The van der Waals surface area contributed by atoms with Crippen LogP contribution in [-0.4, -0.2) is 36.4 Å². The van der Waals surface area contributed by atoms with Crippen LogP contribution in [0.25, 0.3) is 0 Å². The molecule has 0 radical (unpaired) electrons. The van der Waals surface area contributed by atoms with Crippen LogP contribution in [0.15, 0.2) is 134 Å². The first-order valence-corrected chi connectivity index (χ1v) is 34.7. The summed E-state index contributed by atoms with van der Waals surface area (Å²) in [4.78, 5) is 24.6. The van der Waals surface area contributed by atoms with Crippen molar-refractivity contribution in [1.82, 2.24) is 0 Å². The lowest BCUT2D eigenvalue weighted by atomic mass is 10.0. The van der Waals surface area contributed by atoms with Crippen molar-refractivity contribution >= 4 is 11.9 Å².